The molecular weight excluding hydrogens is 268 g/mol. The molecule has 2 rings (SSSR count). The second-order valence-electron chi connectivity index (χ2n) is 4.32. The lowest BCUT2D eigenvalue weighted by Gasteiger charge is -2.09. The van der Waals surface area contributed by atoms with E-state index in [-0.39, 0.29) is 0 Å². The van der Waals surface area contributed by atoms with Crippen LogP contribution in [0.1, 0.15) is 12.5 Å². The number of thioether (sulfide) groups is 1. The van der Waals surface area contributed by atoms with Gasteiger partial charge in [0, 0.05) is 19.2 Å². The third-order valence-electron chi connectivity index (χ3n) is 2.81. The minimum Gasteiger partial charge on any atom is -0.370 e. The van der Waals surface area contributed by atoms with Gasteiger partial charge in [0.1, 0.15) is 11.6 Å². The SMILES string of the molecule is CCNc1cc(NCCc2ccccc2)nc(SC)n1. The Morgan fingerprint density at radius 3 is 2.40 bits per heavy atom. The molecule has 2 N–H and O–H groups in total. The normalized spacial score (nSPS) is 10.3. The summed E-state index contributed by atoms with van der Waals surface area (Å²) in [5.41, 5.74) is 1.33. The maximum absolute atomic E-state index is 4.47. The first-order valence-electron chi connectivity index (χ1n) is 6.76. The highest BCUT2D eigenvalue weighted by molar-refractivity contribution is 7.98. The van der Waals surface area contributed by atoms with Crippen LogP contribution in [-0.4, -0.2) is 29.3 Å². The molecule has 0 atom stereocenters. The first-order chi connectivity index (χ1) is 9.81. The first kappa shape index (κ1) is 14.7. The molecule has 20 heavy (non-hydrogen) atoms. The van der Waals surface area contributed by atoms with E-state index in [1.807, 2.05) is 18.4 Å². The number of hydrogen-bond acceptors (Lipinski definition) is 5. The van der Waals surface area contributed by atoms with Crippen molar-refractivity contribution in [2.24, 2.45) is 0 Å². The zero-order valence-corrected chi connectivity index (χ0v) is 12.7. The van der Waals surface area contributed by atoms with Crippen molar-refractivity contribution in [2.75, 3.05) is 30.0 Å². The first-order valence-corrected chi connectivity index (χ1v) is 7.99. The predicted octanol–water partition coefficient (Wildman–Crippen LogP) is 3.28. The van der Waals surface area contributed by atoms with Crippen LogP contribution in [0.15, 0.2) is 41.6 Å². The van der Waals surface area contributed by atoms with E-state index >= 15 is 0 Å². The zero-order chi connectivity index (χ0) is 14.2. The summed E-state index contributed by atoms with van der Waals surface area (Å²) >= 11 is 1.55. The number of nitrogens with zero attached hydrogens (tertiary/aromatic N) is 2. The Hall–Kier alpha value is -1.75. The Morgan fingerprint density at radius 1 is 1.05 bits per heavy atom. The minimum atomic E-state index is 0.783. The summed E-state index contributed by atoms with van der Waals surface area (Å²) in [6.45, 7) is 3.78. The van der Waals surface area contributed by atoms with E-state index in [4.69, 9.17) is 0 Å². The molecule has 0 aliphatic rings. The molecular formula is C15H20N4S. The molecule has 0 unspecified atom stereocenters. The van der Waals surface area contributed by atoms with Crippen LogP contribution in [0.3, 0.4) is 0 Å². The van der Waals surface area contributed by atoms with Crippen molar-refractivity contribution in [1.82, 2.24) is 9.97 Å². The van der Waals surface area contributed by atoms with Crippen molar-refractivity contribution in [3.63, 3.8) is 0 Å². The molecule has 0 radical (unpaired) electrons. The van der Waals surface area contributed by atoms with Crippen LogP contribution in [-0.2, 0) is 6.42 Å². The van der Waals surface area contributed by atoms with Gasteiger partial charge in [-0.1, -0.05) is 42.1 Å². The number of anilines is 2. The second-order valence-corrected chi connectivity index (χ2v) is 5.09. The number of aromatic nitrogens is 2. The molecule has 2 aromatic rings. The lowest BCUT2D eigenvalue weighted by atomic mass is 10.1. The molecule has 0 aliphatic carbocycles. The molecule has 0 saturated carbocycles. The average Bonchev–Trinajstić information content (AvgIpc) is 2.48. The maximum atomic E-state index is 4.47. The van der Waals surface area contributed by atoms with E-state index in [1.54, 1.807) is 11.8 Å². The van der Waals surface area contributed by atoms with E-state index in [2.05, 4.69) is 51.8 Å². The summed E-state index contributed by atoms with van der Waals surface area (Å²) in [7, 11) is 0. The summed E-state index contributed by atoms with van der Waals surface area (Å²) < 4.78 is 0. The van der Waals surface area contributed by atoms with Crippen molar-refractivity contribution in [1.29, 1.82) is 0 Å². The van der Waals surface area contributed by atoms with Crippen LogP contribution < -0.4 is 10.6 Å². The molecule has 4 nitrogen and oxygen atoms in total. The van der Waals surface area contributed by atoms with Crippen molar-refractivity contribution >= 4 is 23.4 Å². The standard InChI is InChI=1S/C15H20N4S/c1-3-16-13-11-14(19-15(18-13)20-2)17-10-9-12-7-5-4-6-8-12/h4-8,11H,3,9-10H2,1-2H3,(H2,16,17,18,19). The molecule has 0 aliphatic heterocycles. The third kappa shape index (κ3) is 4.42. The van der Waals surface area contributed by atoms with Gasteiger partial charge >= 0.3 is 0 Å². The van der Waals surface area contributed by atoms with Gasteiger partial charge in [-0.05, 0) is 25.2 Å². The molecule has 0 amide bonds. The summed E-state index contributed by atoms with van der Waals surface area (Å²) in [6, 6.07) is 12.4. The Labute approximate surface area is 124 Å². The Morgan fingerprint density at radius 2 is 1.75 bits per heavy atom. The van der Waals surface area contributed by atoms with E-state index in [0.29, 0.717) is 0 Å². The van der Waals surface area contributed by atoms with Crippen molar-refractivity contribution in [3.8, 4) is 0 Å². The largest absolute Gasteiger partial charge is 0.370 e. The van der Waals surface area contributed by atoms with Crippen molar-refractivity contribution in [2.45, 2.75) is 18.5 Å². The van der Waals surface area contributed by atoms with E-state index < -0.39 is 0 Å². The Kier molecular flexibility index (Phi) is 5.68. The van der Waals surface area contributed by atoms with Gasteiger partial charge in [-0.15, -0.1) is 0 Å². The lowest BCUT2D eigenvalue weighted by molar-refractivity contribution is 0.937. The number of benzene rings is 1. The second kappa shape index (κ2) is 7.75. The molecule has 1 heterocycles. The lowest BCUT2D eigenvalue weighted by Crippen LogP contribution is -2.09. The maximum Gasteiger partial charge on any atom is 0.191 e. The Bertz CT molecular complexity index is 531. The van der Waals surface area contributed by atoms with Crippen LogP contribution >= 0.6 is 11.8 Å². The van der Waals surface area contributed by atoms with Crippen LogP contribution in [0.4, 0.5) is 11.6 Å². The van der Waals surface area contributed by atoms with Crippen LogP contribution in [0.2, 0.25) is 0 Å². The van der Waals surface area contributed by atoms with Gasteiger partial charge < -0.3 is 10.6 Å². The highest BCUT2D eigenvalue weighted by Gasteiger charge is 2.03. The van der Waals surface area contributed by atoms with Crippen LogP contribution in [0.25, 0.3) is 0 Å². The van der Waals surface area contributed by atoms with Gasteiger partial charge in [0.2, 0.25) is 0 Å². The third-order valence-corrected chi connectivity index (χ3v) is 3.36. The fraction of sp³-hybridized carbons (Fsp3) is 0.333. The van der Waals surface area contributed by atoms with E-state index in [9.17, 15) is 0 Å². The quantitative estimate of drug-likeness (QED) is 0.605. The highest BCUT2D eigenvalue weighted by atomic mass is 32.2. The average molecular weight is 288 g/mol. The molecule has 1 aromatic carbocycles. The van der Waals surface area contributed by atoms with Gasteiger partial charge in [0.25, 0.3) is 0 Å². The molecule has 1 aromatic heterocycles. The number of nitrogens with one attached hydrogen (secondary N) is 2. The smallest absolute Gasteiger partial charge is 0.191 e. The van der Waals surface area contributed by atoms with Gasteiger partial charge in [-0.2, -0.15) is 0 Å². The van der Waals surface area contributed by atoms with Gasteiger partial charge in [-0.3, -0.25) is 0 Å². The fourth-order valence-corrected chi connectivity index (χ4v) is 2.24. The van der Waals surface area contributed by atoms with E-state index in [0.717, 1.165) is 36.3 Å². The minimum absolute atomic E-state index is 0.783. The summed E-state index contributed by atoms with van der Waals surface area (Å²) in [5.74, 6) is 1.74. The summed E-state index contributed by atoms with van der Waals surface area (Å²) in [6.07, 6.45) is 2.97. The molecule has 0 fully saturated rings. The highest BCUT2D eigenvalue weighted by Crippen LogP contribution is 2.17. The predicted molar refractivity (Wildman–Crippen MR) is 86.6 cm³/mol. The summed E-state index contributed by atoms with van der Waals surface area (Å²) in [4.78, 5) is 8.87. The molecule has 0 bridgehead atoms. The van der Waals surface area contributed by atoms with Crippen molar-refractivity contribution < 1.29 is 0 Å². The monoisotopic (exact) mass is 288 g/mol. The van der Waals surface area contributed by atoms with Crippen molar-refractivity contribution in [3.05, 3.63) is 42.0 Å². The number of rotatable bonds is 7. The van der Waals surface area contributed by atoms with Gasteiger partial charge in [0.15, 0.2) is 5.16 Å². The van der Waals surface area contributed by atoms with Crippen LogP contribution in [0.5, 0.6) is 0 Å². The fourth-order valence-electron chi connectivity index (χ4n) is 1.86. The van der Waals surface area contributed by atoms with Gasteiger partial charge in [0.05, 0.1) is 0 Å². The van der Waals surface area contributed by atoms with Gasteiger partial charge in [-0.25, -0.2) is 9.97 Å². The molecule has 106 valence electrons. The molecule has 5 heteroatoms. The number of hydrogen-bond donors (Lipinski definition) is 2. The molecule has 0 saturated heterocycles. The summed E-state index contributed by atoms with van der Waals surface area (Å²) in [5, 5.41) is 7.37. The molecule has 0 spiro atoms. The van der Waals surface area contributed by atoms with Crippen LogP contribution in [0, 0.1) is 0 Å². The Balaban J connectivity index is 1.96. The topological polar surface area (TPSA) is 49.8 Å². The zero-order valence-electron chi connectivity index (χ0n) is 11.9. The van der Waals surface area contributed by atoms with E-state index in [1.165, 1.54) is 5.56 Å².